The van der Waals surface area contributed by atoms with Crippen molar-refractivity contribution in [2.75, 3.05) is 0 Å². The van der Waals surface area contributed by atoms with E-state index < -0.39 is 20.1 Å². The Kier molecular flexibility index (Phi) is 15.1. The van der Waals surface area contributed by atoms with Crippen LogP contribution >= 0.6 is 20.1 Å². The number of para-hydroxylation sites is 2. The molecule has 2 nitrogen and oxygen atoms in total. The zero-order valence-corrected chi connectivity index (χ0v) is 55.9. The van der Waals surface area contributed by atoms with Gasteiger partial charge in [0.15, 0.2) is 0 Å². The number of hydrogen-bond donors (Lipinski definition) is 0. The topological polar surface area (TPSA) is 9.86 Å². The molecule has 0 aliphatic carbocycles. The summed E-state index contributed by atoms with van der Waals surface area (Å²) in [4.78, 5) is 10.3. The van der Waals surface area contributed by atoms with E-state index in [1.165, 1.54) is 154 Å². The van der Waals surface area contributed by atoms with E-state index in [4.69, 9.17) is 0 Å². The van der Waals surface area contributed by atoms with Gasteiger partial charge in [-0.1, -0.05) is 167 Å². The van der Waals surface area contributed by atoms with Crippen LogP contribution in [0.2, 0.25) is 0 Å². The third kappa shape index (κ3) is 9.03. The van der Waals surface area contributed by atoms with Crippen molar-refractivity contribution in [2.45, 2.75) is 39.2 Å². The van der Waals surface area contributed by atoms with Crippen LogP contribution in [0.5, 0.6) is 0 Å². The maximum atomic E-state index is 2.71. The van der Waals surface area contributed by atoms with Crippen molar-refractivity contribution < 1.29 is 0 Å². The van der Waals surface area contributed by atoms with E-state index in [0.717, 1.165) is 16.7 Å². The second-order valence-electron chi connectivity index (χ2n) is 25.1. The molecule has 14 heteroatoms. The van der Waals surface area contributed by atoms with Crippen LogP contribution in [0.3, 0.4) is 0 Å². The summed E-state index contributed by atoms with van der Waals surface area (Å²) in [6, 6.07) is 106. The molecular weight excluding hydrogens is 1140 g/mol. The molecule has 0 spiro atoms. The van der Waals surface area contributed by atoms with Crippen molar-refractivity contribution in [3.8, 4) is 33.6 Å². The van der Waals surface area contributed by atoms with E-state index in [1.807, 2.05) is 0 Å². The Morgan fingerprint density at radius 2 is 0.489 bits per heavy atom. The maximum absolute atomic E-state index is 2.71. The van der Waals surface area contributed by atoms with Gasteiger partial charge in [-0.3, -0.25) is 0 Å². The number of rotatable bonds is 12. The monoisotopic (exact) mass is 1200 g/mol. The standard InChI is InChI=1S/C78H66B10N2S2/c79-68-66(69(80)73(84)76(87)72(68)83)60-45-55(92(51-29-13-4-14-30-51,52-31-15-5-16-32-52)53-33-17-6-18-34-53)46-61(67-70(81)74(85)77(88)75(86)71(67)82)78(60)90-64-41-39-47(89-62-37-21-19-35-56(62)57-36-20-22-38-63(57)89)43-58(64)59-44-54(40-42-65(59)90)91(48-23-7-1-8-24-48,49-25-9-2-10-26-49)50-27-11-3-12-28-50/h1-46H,79-88H2. The highest BCUT2D eigenvalue weighted by atomic mass is 32.3. The highest BCUT2D eigenvalue weighted by Gasteiger charge is 2.38. The lowest BCUT2D eigenvalue weighted by Crippen LogP contribution is -2.55. The lowest BCUT2D eigenvalue weighted by atomic mass is 9.58. The normalized spacial score (nSPS) is 12.3. The van der Waals surface area contributed by atoms with Gasteiger partial charge in [-0.25, -0.2) is 0 Å². The second kappa shape index (κ2) is 23.5. The quantitative estimate of drug-likeness (QED) is 0.160. The SMILES string of the molecule is Bc1c(B)c(B)c(-c2cc(S(c3ccccc3)(c3ccccc3)c3ccccc3)cc(-c3c(B)c(B)c(B)c(B)c3B)c2-n2c3ccc(-n4c5ccccc5c5ccccc54)cc3c3cc(S(c4ccccc4)(c4ccccc4)c4ccccc4)ccc32)c(B)c1B. The Hall–Kier alpha value is -9.19. The zero-order chi connectivity index (χ0) is 63.2. The first-order chi connectivity index (χ1) is 44.8. The molecule has 0 radical (unpaired) electrons. The number of fused-ring (bicyclic) bond motifs is 6. The lowest BCUT2D eigenvalue weighted by molar-refractivity contribution is 1.16. The molecule has 15 aromatic rings. The number of hydrogen-bond acceptors (Lipinski definition) is 0. The van der Waals surface area contributed by atoms with Crippen molar-refractivity contribution in [1.29, 1.82) is 0 Å². The number of benzene rings is 13. The van der Waals surface area contributed by atoms with Crippen LogP contribution in [0.4, 0.5) is 0 Å². The van der Waals surface area contributed by atoms with Crippen LogP contribution < -0.4 is 54.6 Å². The molecule has 0 atom stereocenters. The zero-order valence-electron chi connectivity index (χ0n) is 54.3. The first kappa shape index (κ1) is 59.1. The summed E-state index contributed by atoms with van der Waals surface area (Å²) in [5.74, 6) is 0. The Bertz CT molecular complexity index is 5000. The van der Waals surface area contributed by atoms with Gasteiger partial charge >= 0.3 is 0 Å². The molecule has 2 aromatic heterocycles. The predicted molar refractivity (Wildman–Crippen MR) is 428 cm³/mol. The summed E-state index contributed by atoms with van der Waals surface area (Å²) in [7, 11) is 19.2. The Balaban J connectivity index is 1.18. The highest BCUT2D eigenvalue weighted by molar-refractivity contribution is 8.34. The molecule has 92 heavy (non-hydrogen) atoms. The summed E-state index contributed by atoms with van der Waals surface area (Å²) in [6.45, 7) is 0. The summed E-state index contributed by atoms with van der Waals surface area (Å²) in [6.07, 6.45) is 0. The van der Waals surface area contributed by atoms with Gasteiger partial charge < -0.3 is 9.13 Å². The van der Waals surface area contributed by atoms with Crippen LogP contribution in [0.25, 0.3) is 77.2 Å². The fourth-order valence-electron chi connectivity index (χ4n) is 15.4. The third-order valence-corrected chi connectivity index (χ3v) is 28.5. The second-order valence-corrected chi connectivity index (χ2v) is 31.3. The van der Waals surface area contributed by atoms with Crippen LogP contribution in [0, 0.1) is 0 Å². The van der Waals surface area contributed by atoms with Crippen molar-refractivity contribution in [1.82, 2.24) is 9.13 Å². The molecule has 0 fully saturated rings. The molecule has 0 saturated heterocycles. The van der Waals surface area contributed by atoms with E-state index in [2.05, 4.69) is 367 Å². The van der Waals surface area contributed by atoms with Gasteiger partial charge in [-0.2, -0.15) is 0 Å². The molecule has 0 amide bonds. The molecule has 15 rings (SSSR count). The average Bonchev–Trinajstić information content (AvgIpc) is 1.04. The Morgan fingerprint density at radius 3 is 0.848 bits per heavy atom. The van der Waals surface area contributed by atoms with Gasteiger partial charge in [-0.15, -0.1) is 52.8 Å². The van der Waals surface area contributed by atoms with Crippen LogP contribution in [-0.2, 0) is 0 Å². The van der Waals surface area contributed by atoms with Crippen molar-refractivity contribution in [3.05, 3.63) is 279 Å². The molecule has 0 unspecified atom stereocenters. The molecule has 0 aliphatic rings. The molecule has 0 bridgehead atoms. The smallest absolute Gasteiger partial charge is 0.139 e. The average molecular weight is 1200 g/mol. The summed E-state index contributed by atoms with van der Waals surface area (Å²) in [5, 5.41) is 4.88. The summed E-state index contributed by atoms with van der Waals surface area (Å²) in [5.41, 5.74) is 25.2. The van der Waals surface area contributed by atoms with Gasteiger partial charge in [0.25, 0.3) is 0 Å². The fraction of sp³-hybridized carbons (Fsp3) is 0. The van der Waals surface area contributed by atoms with E-state index in [0.29, 0.717) is 0 Å². The highest BCUT2D eigenvalue weighted by Crippen LogP contribution is 2.75. The predicted octanol–water partition coefficient (Wildman–Crippen LogP) is 4.48. The minimum Gasteiger partial charge on any atom is -0.309 e. The molecule has 0 saturated carbocycles. The van der Waals surface area contributed by atoms with E-state index in [-0.39, 0.29) is 0 Å². The van der Waals surface area contributed by atoms with E-state index in [9.17, 15) is 0 Å². The largest absolute Gasteiger partial charge is 0.309 e. The lowest BCUT2D eigenvalue weighted by Gasteiger charge is -2.43. The van der Waals surface area contributed by atoms with Gasteiger partial charge in [-0.05, 0) is 145 Å². The van der Waals surface area contributed by atoms with Crippen LogP contribution in [0.15, 0.2) is 318 Å². The Labute approximate surface area is 553 Å². The minimum absolute atomic E-state index is 1.12. The molecular formula is C78H66B10N2S2. The van der Waals surface area contributed by atoms with E-state index >= 15 is 0 Å². The van der Waals surface area contributed by atoms with Crippen molar-refractivity contribution >= 4 is 197 Å². The third-order valence-electron chi connectivity index (χ3n) is 20.7. The van der Waals surface area contributed by atoms with Gasteiger partial charge in [0.2, 0.25) is 0 Å². The fourth-order valence-corrected chi connectivity index (χ4v) is 23.2. The number of nitrogens with zero attached hydrogens (tertiary/aromatic N) is 2. The molecule has 430 valence electrons. The summed E-state index contributed by atoms with van der Waals surface area (Å²) >= 11 is 0. The van der Waals surface area contributed by atoms with Crippen LogP contribution in [-0.4, -0.2) is 87.6 Å². The maximum Gasteiger partial charge on any atom is 0.139 e. The van der Waals surface area contributed by atoms with Crippen LogP contribution in [0.1, 0.15) is 0 Å². The number of aromatic nitrogens is 2. The van der Waals surface area contributed by atoms with Gasteiger partial charge in [0.1, 0.15) is 78.5 Å². The first-order valence-corrected chi connectivity index (χ1v) is 35.5. The van der Waals surface area contributed by atoms with Gasteiger partial charge in [0.05, 0.1) is 27.8 Å². The molecule has 0 aliphatic heterocycles. The molecule has 2 heterocycles. The minimum atomic E-state index is -2.23. The summed E-state index contributed by atoms with van der Waals surface area (Å²) < 4.78 is 5.20. The van der Waals surface area contributed by atoms with Crippen molar-refractivity contribution in [2.24, 2.45) is 0 Å². The van der Waals surface area contributed by atoms with Crippen molar-refractivity contribution in [3.63, 3.8) is 0 Å². The molecule has 0 N–H and O–H groups in total. The van der Waals surface area contributed by atoms with Gasteiger partial charge in [0, 0.05) is 77.5 Å². The molecule has 13 aromatic carbocycles. The Morgan fingerprint density at radius 1 is 0.207 bits per heavy atom. The first-order valence-electron chi connectivity index (χ1n) is 32.2. The van der Waals surface area contributed by atoms with E-state index in [1.54, 1.807) is 0 Å².